The number of carbonyl (C=O) groups is 3. The molecule has 0 fully saturated rings. The summed E-state index contributed by atoms with van der Waals surface area (Å²) in [5.41, 5.74) is 0.824. The highest BCUT2D eigenvalue weighted by Crippen LogP contribution is 2.34. The molecule has 0 unspecified atom stereocenters. The van der Waals surface area contributed by atoms with Crippen molar-refractivity contribution in [3.63, 3.8) is 0 Å². The van der Waals surface area contributed by atoms with Crippen LogP contribution in [0.1, 0.15) is 72.0 Å². The molecule has 0 aliphatic carbocycles. The van der Waals surface area contributed by atoms with Crippen molar-refractivity contribution in [1.29, 1.82) is 0 Å². The highest BCUT2D eigenvalue weighted by atomic mass is 32.1. The van der Waals surface area contributed by atoms with E-state index in [-0.39, 0.29) is 17.4 Å². The second-order valence-corrected chi connectivity index (χ2v) is 6.76. The number of nitrogens with one attached hydrogen (secondary N) is 1. The van der Waals surface area contributed by atoms with Crippen molar-refractivity contribution in [3.05, 3.63) is 16.0 Å². The number of unbranched alkanes of at least 4 members (excludes halogenated alkanes) is 2. The van der Waals surface area contributed by atoms with Crippen LogP contribution in [0.3, 0.4) is 0 Å². The molecule has 0 spiro atoms. The molecule has 6 nitrogen and oxygen atoms in total. The fourth-order valence-corrected chi connectivity index (χ4v) is 3.71. The molecule has 1 heterocycles. The summed E-state index contributed by atoms with van der Waals surface area (Å²) in [6, 6.07) is 0. The van der Waals surface area contributed by atoms with E-state index in [0.29, 0.717) is 35.0 Å². The van der Waals surface area contributed by atoms with Gasteiger partial charge in [0.05, 0.1) is 17.6 Å². The van der Waals surface area contributed by atoms with Crippen LogP contribution in [0.25, 0.3) is 0 Å². The summed E-state index contributed by atoms with van der Waals surface area (Å²) in [6.45, 7) is 8.76. The van der Waals surface area contributed by atoms with E-state index in [9.17, 15) is 14.4 Å². The van der Waals surface area contributed by atoms with Crippen LogP contribution in [0.4, 0.5) is 5.00 Å². The Kier molecular flexibility index (Phi) is 8.61. The zero-order valence-electron chi connectivity index (χ0n) is 15.7. The molecule has 1 aromatic heterocycles. The van der Waals surface area contributed by atoms with Gasteiger partial charge in [0.2, 0.25) is 5.91 Å². The Morgan fingerprint density at radius 2 is 1.76 bits per heavy atom. The van der Waals surface area contributed by atoms with Gasteiger partial charge in [0.15, 0.2) is 0 Å². The molecule has 0 saturated carbocycles. The second kappa shape index (κ2) is 10.2. The lowest BCUT2D eigenvalue weighted by Crippen LogP contribution is -2.30. The van der Waals surface area contributed by atoms with E-state index in [1.807, 2.05) is 13.8 Å². The maximum absolute atomic E-state index is 12.7. The van der Waals surface area contributed by atoms with Gasteiger partial charge >= 0.3 is 5.97 Å². The number of anilines is 1. The molecule has 1 aromatic rings. The third kappa shape index (κ3) is 5.29. The summed E-state index contributed by atoms with van der Waals surface area (Å²) in [4.78, 5) is 39.1. The molecule has 0 aromatic carbocycles. The molecular weight excluding hydrogens is 340 g/mol. The van der Waals surface area contributed by atoms with E-state index >= 15 is 0 Å². The summed E-state index contributed by atoms with van der Waals surface area (Å²) >= 11 is 1.14. The van der Waals surface area contributed by atoms with Gasteiger partial charge in [-0.2, -0.15) is 0 Å². The zero-order chi connectivity index (χ0) is 19.0. The largest absolute Gasteiger partial charge is 0.465 e. The minimum Gasteiger partial charge on any atom is -0.465 e. The molecule has 25 heavy (non-hydrogen) atoms. The van der Waals surface area contributed by atoms with Crippen LogP contribution < -0.4 is 5.32 Å². The van der Waals surface area contributed by atoms with Crippen molar-refractivity contribution in [1.82, 2.24) is 4.90 Å². The fraction of sp³-hybridized carbons (Fsp3) is 0.611. The van der Waals surface area contributed by atoms with E-state index in [1.54, 1.807) is 11.8 Å². The number of carbonyl (C=O) groups excluding carboxylic acids is 3. The van der Waals surface area contributed by atoms with Crippen LogP contribution in [0, 0.1) is 6.92 Å². The average Bonchev–Trinajstić information content (AvgIpc) is 2.91. The number of amides is 2. The predicted octanol–water partition coefficient (Wildman–Crippen LogP) is 3.84. The van der Waals surface area contributed by atoms with Crippen LogP contribution in [0.2, 0.25) is 0 Å². The summed E-state index contributed by atoms with van der Waals surface area (Å²) in [6.07, 6.45) is 3.20. The normalized spacial score (nSPS) is 10.4. The highest BCUT2D eigenvalue weighted by Gasteiger charge is 2.27. The van der Waals surface area contributed by atoms with Gasteiger partial charge in [-0.1, -0.05) is 19.8 Å². The van der Waals surface area contributed by atoms with Gasteiger partial charge in [0, 0.05) is 19.5 Å². The first kappa shape index (κ1) is 21.2. The molecular formula is C18H28N2O4S. The van der Waals surface area contributed by atoms with E-state index < -0.39 is 5.97 Å². The van der Waals surface area contributed by atoms with E-state index in [0.717, 1.165) is 30.6 Å². The van der Waals surface area contributed by atoms with Crippen LogP contribution in [-0.4, -0.2) is 42.9 Å². The Bertz CT molecular complexity index is 621. The van der Waals surface area contributed by atoms with Gasteiger partial charge in [-0.15, -0.1) is 11.3 Å². The Labute approximate surface area is 153 Å². The van der Waals surface area contributed by atoms with Crippen molar-refractivity contribution in [2.24, 2.45) is 0 Å². The average molecular weight is 368 g/mol. The molecule has 0 aliphatic rings. The SMILES string of the molecule is CCCCCC(=O)Nc1sc(C(=O)N(CC)CC)c(C)c1C(=O)OC. The standard InChI is InChI=1S/C18H28N2O4S/c1-6-9-10-11-13(21)19-16-14(18(23)24-5)12(4)15(25-16)17(22)20(7-2)8-3/h6-11H2,1-5H3,(H,19,21). The number of esters is 1. The molecule has 0 atom stereocenters. The zero-order valence-corrected chi connectivity index (χ0v) is 16.5. The van der Waals surface area contributed by atoms with Gasteiger partial charge in [-0.25, -0.2) is 4.79 Å². The van der Waals surface area contributed by atoms with Crippen molar-refractivity contribution >= 4 is 34.1 Å². The van der Waals surface area contributed by atoms with Crippen LogP contribution >= 0.6 is 11.3 Å². The molecule has 0 aliphatic heterocycles. The Morgan fingerprint density at radius 1 is 1.12 bits per heavy atom. The van der Waals surface area contributed by atoms with Gasteiger partial charge in [-0.05, 0) is 32.8 Å². The predicted molar refractivity (Wildman–Crippen MR) is 100 cm³/mol. The number of nitrogens with zero attached hydrogens (tertiary/aromatic N) is 1. The third-order valence-electron chi connectivity index (χ3n) is 4.04. The van der Waals surface area contributed by atoms with Crippen molar-refractivity contribution in [3.8, 4) is 0 Å². The molecule has 0 saturated heterocycles. The summed E-state index contributed by atoms with van der Waals surface area (Å²) in [7, 11) is 1.29. The van der Waals surface area contributed by atoms with Gasteiger partial charge in [-0.3, -0.25) is 9.59 Å². The number of thiophene rings is 1. The van der Waals surface area contributed by atoms with Crippen LogP contribution in [0.5, 0.6) is 0 Å². The number of hydrogen-bond donors (Lipinski definition) is 1. The Balaban J connectivity index is 3.14. The lowest BCUT2D eigenvalue weighted by Gasteiger charge is -2.17. The van der Waals surface area contributed by atoms with Crippen LogP contribution in [-0.2, 0) is 9.53 Å². The molecule has 1 N–H and O–H groups in total. The Morgan fingerprint density at radius 3 is 2.28 bits per heavy atom. The number of rotatable bonds is 9. The Hall–Kier alpha value is -1.89. The lowest BCUT2D eigenvalue weighted by molar-refractivity contribution is -0.116. The summed E-state index contributed by atoms with van der Waals surface area (Å²) < 4.78 is 4.84. The topological polar surface area (TPSA) is 75.7 Å². The number of methoxy groups -OCH3 is 1. The van der Waals surface area contributed by atoms with Gasteiger partial charge in [0.25, 0.3) is 5.91 Å². The van der Waals surface area contributed by atoms with Gasteiger partial charge < -0.3 is 15.0 Å². The minimum atomic E-state index is -0.545. The first-order valence-corrected chi connectivity index (χ1v) is 9.53. The molecule has 2 amide bonds. The first-order chi connectivity index (χ1) is 11.9. The van der Waals surface area contributed by atoms with Crippen LogP contribution in [0.15, 0.2) is 0 Å². The van der Waals surface area contributed by atoms with Crippen molar-refractivity contribution < 1.29 is 19.1 Å². The van der Waals surface area contributed by atoms with Crippen molar-refractivity contribution in [2.75, 3.05) is 25.5 Å². The smallest absolute Gasteiger partial charge is 0.341 e. The number of ether oxygens (including phenoxy) is 1. The summed E-state index contributed by atoms with van der Waals surface area (Å²) in [5, 5.41) is 3.17. The second-order valence-electron chi connectivity index (χ2n) is 5.73. The quantitative estimate of drug-likeness (QED) is 0.531. The highest BCUT2D eigenvalue weighted by molar-refractivity contribution is 7.18. The molecule has 7 heteroatoms. The van der Waals surface area contributed by atoms with E-state index in [4.69, 9.17) is 4.74 Å². The maximum atomic E-state index is 12.7. The van der Waals surface area contributed by atoms with Crippen molar-refractivity contribution in [2.45, 2.75) is 53.4 Å². The lowest BCUT2D eigenvalue weighted by atomic mass is 10.1. The monoisotopic (exact) mass is 368 g/mol. The first-order valence-electron chi connectivity index (χ1n) is 8.71. The molecule has 0 radical (unpaired) electrons. The van der Waals surface area contributed by atoms with E-state index in [1.165, 1.54) is 7.11 Å². The van der Waals surface area contributed by atoms with Gasteiger partial charge in [0.1, 0.15) is 5.00 Å². The molecule has 1 rings (SSSR count). The third-order valence-corrected chi connectivity index (χ3v) is 5.24. The summed E-state index contributed by atoms with van der Waals surface area (Å²) in [5.74, 6) is -0.831. The molecule has 140 valence electrons. The van der Waals surface area contributed by atoms with E-state index in [2.05, 4.69) is 12.2 Å². The minimum absolute atomic E-state index is 0.135. The number of hydrogen-bond acceptors (Lipinski definition) is 5. The maximum Gasteiger partial charge on any atom is 0.341 e. The fourth-order valence-electron chi connectivity index (χ4n) is 2.53. The molecule has 0 bridgehead atoms.